The van der Waals surface area contributed by atoms with Crippen molar-refractivity contribution in [1.82, 2.24) is 19.9 Å². The minimum Gasteiger partial charge on any atom is -0.492 e. The molecule has 0 spiro atoms. The molecular weight excluding hydrogens is 376 g/mol. The number of nitriles is 1. The quantitative estimate of drug-likeness (QED) is 0.497. The first-order valence-electron chi connectivity index (χ1n) is 10.8. The number of anilines is 1. The van der Waals surface area contributed by atoms with Gasteiger partial charge in [0.15, 0.2) is 0 Å². The van der Waals surface area contributed by atoms with E-state index in [4.69, 9.17) is 4.74 Å². The fourth-order valence-electron chi connectivity index (χ4n) is 3.60. The second-order valence-corrected chi connectivity index (χ2v) is 7.71. The van der Waals surface area contributed by atoms with Crippen LogP contribution < -0.4 is 15.4 Å². The van der Waals surface area contributed by atoms with Crippen LogP contribution in [0.15, 0.2) is 36.8 Å². The number of hydrogen-bond donors (Lipinski definition) is 2. The van der Waals surface area contributed by atoms with Crippen LogP contribution >= 0.6 is 0 Å². The highest BCUT2D eigenvalue weighted by Crippen LogP contribution is 2.31. The lowest BCUT2D eigenvalue weighted by molar-refractivity contribution is 0.303. The molecule has 0 bridgehead atoms. The summed E-state index contributed by atoms with van der Waals surface area (Å²) in [6.07, 6.45) is 11.1. The minimum absolute atomic E-state index is 0.530. The van der Waals surface area contributed by atoms with Gasteiger partial charge in [0, 0.05) is 29.9 Å². The average molecular weight is 405 g/mol. The molecule has 156 valence electrons. The third kappa shape index (κ3) is 4.55. The highest BCUT2D eigenvalue weighted by molar-refractivity contribution is 5.85. The van der Waals surface area contributed by atoms with E-state index in [1.807, 2.05) is 30.6 Å². The molecule has 0 radical (unpaired) electrons. The van der Waals surface area contributed by atoms with Crippen molar-refractivity contribution in [3.05, 3.63) is 42.4 Å². The highest BCUT2D eigenvalue weighted by Gasteiger charge is 2.16. The number of unbranched alkanes of at least 4 members (excludes halogenated alkanes) is 3. The molecule has 1 fully saturated rings. The molecule has 0 aromatic carbocycles. The summed E-state index contributed by atoms with van der Waals surface area (Å²) < 4.78 is 7.72. The molecule has 30 heavy (non-hydrogen) atoms. The first-order chi connectivity index (χ1) is 14.8. The maximum Gasteiger partial charge on any atom is 0.138 e. The van der Waals surface area contributed by atoms with Gasteiger partial charge in [-0.05, 0) is 37.6 Å². The highest BCUT2D eigenvalue weighted by atomic mass is 16.5. The predicted octanol–water partition coefficient (Wildman–Crippen LogP) is 4.00. The summed E-state index contributed by atoms with van der Waals surface area (Å²) in [7, 11) is 0. The van der Waals surface area contributed by atoms with Gasteiger partial charge in [-0.3, -0.25) is 0 Å². The van der Waals surface area contributed by atoms with Crippen molar-refractivity contribution in [3.63, 3.8) is 0 Å². The second-order valence-electron chi connectivity index (χ2n) is 7.71. The van der Waals surface area contributed by atoms with Crippen molar-refractivity contribution in [3.8, 4) is 22.9 Å². The molecule has 0 aliphatic carbocycles. The summed E-state index contributed by atoms with van der Waals surface area (Å²) in [5, 5.41) is 20.6. The van der Waals surface area contributed by atoms with Gasteiger partial charge in [-0.1, -0.05) is 26.2 Å². The second kappa shape index (κ2) is 9.59. The van der Waals surface area contributed by atoms with E-state index in [-0.39, 0.29) is 0 Å². The maximum atomic E-state index is 9.52. The van der Waals surface area contributed by atoms with E-state index in [1.54, 1.807) is 10.7 Å². The van der Waals surface area contributed by atoms with Crippen LogP contribution in [0, 0.1) is 11.3 Å². The molecular formula is C23H28N6O. The van der Waals surface area contributed by atoms with Crippen molar-refractivity contribution in [2.45, 2.75) is 45.1 Å². The lowest BCUT2D eigenvalue weighted by Crippen LogP contribution is -2.47. The number of pyridine rings is 2. The standard InChI is InChI=1S/C23H28N6O/c1-2-3-4-5-10-30-20-11-21(23-18(12-24)14-28-29(23)16-20)17-6-7-22(26-13-17)27-15-19-8-9-25-19/h6-7,11,13-14,16,19,25H,2-5,8-10,15H2,1H3,(H,26,27). The van der Waals surface area contributed by atoms with Gasteiger partial charge in [0.1, 0.15) is 17.6 Å². The van der Waals surface area contributed by atoms with Crippen LogP contribution in [0.1, 0.15) is 44.6 Å². The van der Waals surface area contributed by atoms with Crippen molar-refractivity contribution in [1.29, 1.82) is 5.26 Å². The van der Waals surface area contributed by atoms with Crippen molar-refractivity contribution < 1.29 is 4.74 Å². The van der Waals surface area contributed by atoms with Gasteiger partial charge < -0.3 is 15.4 Å². The van der Waals surface area contributed by atoms with Crippen LogP contribution in [0.2, 0.25) is 0 Å². The molecule has 0 saturated carbocycles. The Hall–Kier alpha value is -3.11. The largest absolute Gasteiger partial charge is 0.492 e. The van der Waals surface area contributed by atoms with Crippen molar-refractivity contribution in [2.24, 2.45) is 0 Å². The summed E-state index contributed by atoms with van der Waals surface area (Å²) >= 11 is 0. The number of rotatable bonds is 10. The van der Waals surface area contributed by atoms with E-state index in [0.717, 1.165) is 47.7 Å². The van der Waals surface area contributed by atoms with E-state index in [0.29, 0.717) is 18.2 Å². The molecule has 0 amide bonds. The molecule has 3 aromatic heterocycles. The van der Waals surface area contributed by atoms with E-state index >= 15 is 0 Å². The fraction of sp³-hybridized carbons (Fsp3) is 0.435. The third-order valence-corrected chi connectivity index (χ3v) is 5.50. The zero-order chi connectivity index (χ0) is 20.8. The third-order valence-electron chi connectivity index (χ3n) is 5.50. The Labute approximate surface area is 177 Å². The maximum absolute atomic E-state index is 9.52. The van der Waals surface area contributed by atoms with Gasteiger partial charge >= 0.3 is 0 Å². The number of nitrogens with zero attached hydrogens (tertiary/aromatic N) is 4. The van der Waals surface area contributed by atoms with E-state index < -0.39 is 0 Å². The van der Waals surface area contributed by atoms with Gasteiger partial charge in [0.2, 0.25) is 0 Å². The predicted molar refractivity (Wildman–Crippen MR) is 118 cm³/mol. The number of nitrogens with one attached hydrogen (secondary N) is 2. The molecule has 1 atom stereocenters. The number of hydrogen-bond acceptors (Lipinski definition) is 6. The Balaban J connectivity index is 1.56. The fourth-order valence-corrected chi connectivity index (χ4v) is 3.60. The van der Waals surface area contributed by atoms with Gasteiger partial charge in [-0.25, -0.2) is 9.50 Å². The molecule has 1 saturated heterocycles. The molecule has 7 heteroatoms. The first-order valence-corrected chi connectivity index (χ1v) is 10.8. The molecule has 7 nitrogen and oxygen atoms in total. The Kier molecular flexibility index (Phi) is 6.45. The zero-order valence-corrected chi connectivity index (χ0v) is 17.4. The van der Waals surface area contributed by atoms with Crippen LogP contribution in [0.25, 0.3) is 16.6 Å². The van der Waals surface area contributed by atoms with Crippen molar-refractivity contribution >= 4 is 11.3 Å². The topological polar surface area (TPSA) is 87.3 Å². The van der Waals surface area contributed by atoms with Gasteiger partial charge in [-0.2, -0.15) is 10.4 Å². The molecule has 2 N–H and O–H groups in total. The smallest absolute Gasteiger partial charge is 0.138 e. The molecule has 4 heterocycles. The molecule has 1 unspecified atom stereocenters. The Morgan fingerprint density at radius 3 is 2.90 bits per heavy atom. The van der Waals surface area contributed by atoms with E-state index in [1.165, 1.54) is 25.7 Å². The summed E-state index contributed by atoms with van der Waals surface area (Å²) in [6.45, 7) is 4.84. The summed E-state index contributed by atoms with van der Waals surface area (Å²) in [6, 6.07) is 8.76. The molecule has 4 rings (SSSR count). The number of ether oxygens (including phenoxy) is 1. The lowest BCUT2D eigenvalue weighted by atomic mass is 10.1. The van der Waals surface area contributed by atoms with Gasteiger partial charge in [0.05, 0.1) is 30.1 Å². The van der Waals surface area contributed by atoms with E-state index in [9.17, 15) is 5.26 Å². The Morgan fingerprint density at radius 2 is 2.20 bits per heavy atom. The van der Waals surface area contributed by atoms with Crippen LogP contribution in [-0.2, 0) is 0 Å². The first kappa shape index (κ1) is 20.2. The SMILES string of the molecule is CCCCCCOc1cc(-c2ccc(NCC3CCN3)nc2)c2c(C#N)cnn2c1. The number of aromatic nitrogens is 3. The Morgan fingerprint density at radius 1 is 1.30 bits per heavy atom. The average Bonchev–Trinajstić information content (AvgIpc) is 3.15. The monoisotopic (exact) mass is 404 g/mol. The van der Waals surface area contributed by atoms with Crippen LogP contribution in [-0.4, -0.2) is 40.3 Å². The molecule has 1 aliphatic rings. The Bertz CT molecular complexity index is 1020. The van der Waals surface area contributed by atoms with Crippen molar-refractivity contribution in [2.75, 3.05) is 25.0 Å². The summed E-state index contributed by atoms with van der Waals surface area (Å²) in [5.41, 5.74) is 3.14. The van der Waals surface area contributed by atoms with Crippen LogP contribution in [0.3, 0.4) is 0 Å². The molecule has 3 aromatic rings. The van der Waals surface area contributed by atoms with Crippen LogP contribution in [0.5, 0.6) is 5.75 Å². The summed E-state index contributed by atoms with van der Waals surface area (Å²) in [5.74, 6) is 1.60. The van der Waals surface area contributed by atoms with Gasteiger partial charge in [-0.15, -0.1) is 0 Å². The minimum atomic E-state index is 0.530. The normalized spacial score (nSPS) is 15.5. The summed E-state index contributed by atoms with van der Waals surface area (Å²) in [4.78, 5) is 4.57. The zero-order valence-electron chi connectivity index (χ0n) is 17.4. The van der Waals surface area contributed by atoms with E-state index in [2.05, 4.69) is 33.7 Å². The number of fused-ring (bicyclic) bond motifs is 1. The molecule has 1 aliphatic heterocycles. The lowest BCUT2D eigenvalue weighted by Gasteiger charge is -2.27. The van der Waals surface area contributed by atoms with Crippen LogP contribution in [0.4, 0.5) is 5.82 Å². The van der Waals surface area contributed by atoms with Gasteiger partial charge in [0.25, 0.3) is 0 Å².